The normalized spacial score (nSPS) is 8.88. The molecule has 0 aliphatic heterocycles. The average molecular weight is 546 g/mol. The fraction of sp³-hybridized carbons (Fsp3) is 0. The number of hydrogen-bond donors (Lipinski definition) is 6. The van der Waals surface area contributed by atoms with Gasteiger partial charge in [-0.05, 0) is 0 Å². The van der Waals surface area contributed by atoms with Crippen molar-refractivity contribution < 1.29 is 52.6 Å². The van der Waals surface area contributed by atoms with Crippen LogP contribution in [0.5, 0.6) is 0 Å². The zero-order chi connectivity index (χ0) is 20.7. The molecule has 0 atom stereocenters. The van der Waals surface area contributed by atoms with Crippen LogP contribution < -0.4 is 22.9 Å². The number of guanidine groups is 2. The molecule has 0 aromatic heterocycles. The van der Waals surface area contributed by atoms with Gasteiger partial charge in [0.1, 0.15) is 0 Å². The van der Waals surface area contributed by atoms with Gasteiger partial charge in [0.25, 0.3) is 0 Å². The Morgan fingerprint density at radius 3 is 0.520 bits per heavy atom. The fourth-order valence-corrected chi connectivity index (χ4v) is 0. The Kier molecular flexibility index (Phi) is 37.9. The van der Waals surface area contributed by atoms with Crippen molar-refractivity contribution in [2.75, 3.05) is 0 Å². The standard InChI is InChI=1S/2CH5N3.2Ga.3H2O4S/c2*2-1(3)4;;;3*1-5(2,3)4/h2*(H5,2,3,4);;;3*(H2,1,2,3,4)/q;;2*+3;;;/p-6. The summed E-state index contributed by atoms with van der Waals surface area (Å²) in [5.41, 5.74) is 17.9. The first kappa shape index (κ1) is 44.1. The molecule has 0 aromatic carbocycles. The Hall–Kier alpha value is -0.577. The molecule has 0 aliphatic carbocycles. The summed E-state index contributed by atoms with van der Waals surface area (Å²) in [6, 6.07) is 0. The summed E-state index contributed by atoms with van der Waals surface area (Å²) >= 11 is 0. The number of nitrogens with two attached hydrogens (primary N) is 4. The molecule has 25 heavy (non-hydrogen) atoms. The van der Waals surface area contributed by atoms with Gasteiger partial charge in [0, 0.05) is 31.2 Å². The maximum atomic E-state index is 8.52. The van der Waals surface area contributed by atoms with E-state index in [1.54, 1.807) is 0 Å². The van der Waals surface area contributed by atoms with Gasteiger partial charge >= 0.3 is 39.6 Å². The first-order chi connectivity index (χ1) is 9.46. The van der Waals surface area contributed by atoms with E-state index in [-0.39, 0.29) is 51.5 Å². The minimum absolute atomic E-state index is 0. The van der Waals surface area contributed by atoms with Crippen LogP contribution in [0.4, 0.5) is 0 Å². The molecule has 10 N–H and O–H groups in total. The molecule has 0 saturated heterocycles. The van der Waals surface area contributed by atoms with Crippen molar-refractivity contribution in [2.24, 2.45) is 22.9 Å². The van der Waals surface area contributed by atoms with Crippen molar-refractivity contribution in [1.82, 2.24) is 0 Å². The van der Waals surface area contributed by atoms with Crippen molar-refractivity contribution >= 4 is 82.7 Å². The summed E-state index contributed by atoms with van der Waals surface area (Å²) < 4.78 is 102. The maximum Gasteiger partial charge on any atom is 3.00 e. The Bertz CT molecular complexity index is 512. The van der Waals surface area contributed by atoms with Gasteiger partial charge in [-0.3, -0.25) is 36.1 Å². The largest absolute Gasteiger partial charge is 3.00 e. The van der Waals surface area contributed by atoms with E-state index in [1.807, 2.05) is 0 Å². The quantitative estimate of drug-likeness (QED) is 0.0540. The second kappa shape index (κ2) is 21.5. The predicted octanol–water partition coefficient (Wildman–Crippen LogP) is -7.10. The minimum Gasteiger partial charge on any atom is -0.759 e. The van der Waals surface area contributed by atoms with Crippen molar-refractivity contribution in [3.8, 4) is 0 Å². The van der Waals surface area contributed by atoms with Crippen LogP contribution >= 0.6 is 0 Å². The summed E-state index contributed by atoms with van der Waals surface area (Å²) in [7, 11) is -15.5. The molecule has 0 aromatic rings. The summed E-state index contributed by atoms with van der Waals surface area (Å²) in [6.45, 7) is 0. The SMILES string of the molecule is N=C(N)N.N=C(N)N.O=S(=O)([O-])[O-].O=S(=O)([O-])[O-].O=S(=O)([O-])[O-].[Ga+3].[Ga+3]. The van der Waals surface area contributed by atoms with E-state index in [1.165, 1.54) is 0 Å². The molecular weight excluding hydrogens is 536 g/mol. The van der Waals surface area contributed by atoms with Crippen LogP contribution in [0.3, 0.4) is 0 Å². The van der Waals surface area contributed by atoms with E-state index >= 15 is 0 Å². The molecule has 0 radical (unpaired) electrons. The van der Waals surface area contributed by atoms with E-state index in [2.05, 4.69) is 22.9 Å². The van der Waals surface area contributed by atoms with Gasteiger partial charge in [0.15, 0.2) is 11.9 Å². The van der Waals surface area contributed by atoms with E-state index in [0.29, 0.717) is 0 Å². The molecule has 0 fully saturated rings. The second-order valence-electron chi connectivity index (χ2n) is 2.14. The van der Waals surface area contributed by atoms with Crippen molar-refractivity contribution in [3.05, 3.63) is 0 Å². The van der Waals surface area contributed by atoms with Crippen molar-refractivity contribution in [1.29, 1.82) is 10.8 Å². The van der Waals surface area contributed by atoms with Gasteiger partial charge in [-0.25, -0.2) is 0 Å². The van der Waals surface area contributed by atoms with Crippen LogP contribution in [0.2, 0.25) is 0 Å². The van der Waals surface area contributed by atoms with Crippen molar-refractivity contribution in [3.63, 3.8) is 0 Å². The van der Waals surface area contributed by atoms with Crippen molar-refractivity contribution in [2.45, 2.75) is 0 Å². The Labute approximate surface area is 168 Å². The predicted molar refractivity (Wildman–Crippen MR) is 75.1 cm³/mol. The summed E-state index contributed by atoms with van der Waals surface area (Å²) in [4.78, 5) is 0. The van der Waals surface area contributed by atoms with E-state index in [0.717, 1.165) is 0 Å². The average Bonchev–Trinajstić information content (AvgIpc) is 1.85. The molecule has 0 spiro atoms. The number of nitrogens with one attached hydrogen (secondary N) is 2. The van der Waals surface area contributed by atoms with Gasteiger partial charge in [-0.2, -0.15) is 0 Å². The third kappa shape index (κ3) is 32300. The van der Waals surface area contributed by atoms with Gasteiger partial charge < -0.3 is 50.3 Å². The van der Waals surface area contributed by atoms with Crippen LogP contribution in [0.15, 0.2) is 0 Å². The second-order valence-corrected chi connectivity index (χ2v) is 4.58. The Balaban J connectivity index is -0.0000000319. The van der Waals surface area contributed by atoms with Gasteiger partial charge in [0.2, 0.25) is 0 Å². The smallest absolute Gasteiger partial charge is 0.759 e. The summed E-state index contributed by atoms with van der Waals surface area (Å²) in [6.07, 6.45) is 0. The number of hydrogen-bond acceptors (Lipinski definition) is 14. The molecule has 0 unspecified atom stereocenters. The van der Waals surface area contributed by atoms with Crippen LogP contribution in [-0.4, -0.2) is 104 Å². The first-order valence-corrected chi connectivity index (χ1v) is 7.65. The third-order valence-electron chi connectivity index (χ3n) is 0. The fourth-order valence-electron chi connectivity index (χ4n) is 0. The molecule has 23 heteroatoms. The minimum atomic E-state index is -5.17. The molecule has 144 valence electrons. The first-order valence-electron chi connectivity index (χ1n) is 3.65. The Morgan fingerprint density at radius 1 is 0.520 bits per heavy atom. The van der Waals surface area contributed by atoms with Crippen LogP contribution in [0.25, 0.3) is 0 Å². The van der Waals surface area contributed by atoms with Gasteiger partial charge in [0.05, 0.1) is 0 Å². The summed E-state index contributed by atoms with van der Waals surface area (Å²) in [5.74, 6) is -0.667. The molecule has 0 heterocycles. The monoisotopic (exact) mass is 544 g/mol. The van der Waals surface area contributed by atoms with Gasteiger partial charge in [-0.1, -0.05) is 0 Å². The Morgan fingerprint density at radius 2 is 0.520 bits per heavy atom. The van der Waals surface area contributed by atoms with E-state index in [9.17, 15) is 0 Å². The maximum absolute atomic E-state index is 8.52. The zero-order valence-electron chi connectivity index (χ0n) is 11.6. The van der Waals surface area contributed by atoms with Crippen LogP contribution in [0, 0.1) is 10.8 Å². The molecule has 0 bridgehead atoms. The van der Waals surface area contributed by atoms with Gasteiger partial charge in [-0.15, -0.1) is 0 Å². The summed E-state index contributed by atoms with van der Waals surface area (Å²) in [5, 5.41) is 12.1. The van der Waals surface area contributed by atoms with E-state index < -0.39 is 31.2 Å². The van der Waals surface area contributed by atoms with Crippen LogP contribution in [0.1, 0.15) is 0 Å². The molecule has 0 aliphatic rings. The number of rotatable bonds is 0. The molecule has 0 rings (SSSR count). The molecular formula is C2H10Ga2N6O12S3. The van der Waals surface area contributed by atoms with Crippen LogP contribution in [-0.2, 0) is 31.2 Å². The topological polar surface area (TPSA) is 393 Å². The molecule has 0 saturated carbocycles. The zero-order valence-corrected chi connectivity index (χ0v) is 18.9. The van der Waals surface area contributed by atoms with E-state index in [4.69, 9.17) is 63.4 Å². The molecule has 18 nitrogen and oxygen atoms in total. The third-order valence-corrected chi connectivity index (χ3v) is 0. The molecule has 0 amide bonds.